The third-order valence-corrected chi connectivity index (χ3v) is 3.06. The number of hydrogen-bond donors (Lipinski definition) is 2. The van der Waals surface area contributed by atoms with E-state index in [0.717, 1.165) is 21.4 Å². The molecule has 0 aliphatic rings. The van der Waals surface area contributed by atoms with Crippen molar-refractivity contribution in [3.8, 4) is 10.7 Å². The number of aromatic nitrogens is 2. The minimum Gasteiger partial charge on any atom is -0.378 e. The van der Waals surface area contributed by atoms with E-state index in [2.05, 4.69) is 15.3 Å². The van der Waals surface area contributed by atoms with E-state index in [1.807, 2.05) is 32.3 Å². The van der Waals surface area contributed by atoms with E-state index >= 15 is 0 Å². The first-order chi connectivity index (χ1) is 6.31. The lowest BCUT2D eigenvalue weighted by Crippen LogP contribution is -1.85. The molecule has 0 spiro atoms. The Morgan fingerprint density at radius 1 is 1.54 bits per heavy atom. The highest BCUT2D eigenvalue weighted by molar-refractivity contribution is 7.19. The van der Waals surface area contributed by atoms with Crippen molar-refractivity contribution in [1.29, 1.82) is 0 Å². The number of hydrogen-bond acceptors (Lipinski definition) is 3. The van der Waals surface area contributed by atoms with Crippen molar-refractivity contribution in [2.75, 3.05) is 12.4 Å². The number of aryl methyl sites for hydroxylation is 1. The Labute approximate surface area is 80.8 Å². The fourth-order valence-electron chi connectivity index (χ4n) is 1.21. The van der Waals surface area contributed by atoms with E-state index in [9.17, 15) is 0 Å². The van der Waals surface area contributed by atoms with Crippen LogP contribution in [0, 0.1) is 6.92 Å². The first-order valence-corrected chi connectivity index (χ1v) is 4.92. The molecule has 0 aliphatic heterocycles. The second kappa shape index (κ2) is 3.22. The van der Waals surface area contributed by atoms with Crippen LogP contribution in [-0.4, -0.2) is 17.0 Å². The second-order valence-electron chi connectivity index (χ2n) is 2.77. The molecule has 0 saturated carbocycles. The van der Waals surface area contributed by atoms with Crippen molar-refractivity contribution >= 4 is 16.3 Å². The van der Waals surface area contributed by atoms with Crippen molar-refractivity contribution < 1.29 is 0 Å². The van der Waals surface area contributed by atoms with Gasteiger partial charge in [-0.1, -0.05) is 11.3 Å². The molecule has 4 heteroatoms. The van der Waals surface area contributed by atoms with Crippen molar-refractivity contribution in [2.24, 2.45) is 0 Å². The molecular formula is C9H11N3S. The van der Waals surface area contributed by atoms with Gasteiger partial charge >= 0.3 is 0 Å². The zero-order valence-electron chi connectivity index (χ0n) is 7.59. The van der Waals surface area contributed by atoms with Crippen LogP contribution >= 0.6 is 11.3 Å². The van der Waals surface area contributed by atoms with Gasteiger partial charge in [-0.05, 0) is 19.1 Å². The number of nitrogens with one attached hydrogen (secondary N) is 2. The fraction of sp³-hybridized carbons (Fsp3) is 0.222. The Morgan fingerprint density at radius 3 is 2.92 bits per heavy atom. The predicted octanol–water partition coefficient (Wildman–Crippen LogP) is 2.49. The summed E-state index contributed by atoms with van der Waals surface area (Å²) in [6.45, 7) is 2.01. The van der Waals surface area contributed by atoms with Crippen LogP contribution < -0.4 is 5.32 Å². The average molecular weight is 193 g/mol. The topological polar surface area (TPSA) is 40.7 Å². The quantitative estimate of drug-likeness (QED) is 0.769. The molecule has 0 bridgehead atoms. The van der Waals surface area contributed by atoms with Gasteiger partial charge in [-0.25, -0.2) is 4.98 Å². The molecule has 0 unspecified atom stereocenters. The number of nitrogens with zero attached hydrogens (tertiary/aromatic N) is 1. The maximum absolute atomic E-state index is 4.45. The first kappa shape index (κ1) is 8.31. The van der Waals surface area contributed by atoms with E-state index < -0.39 is 0 Å². The molecule has 3 nitrogen and oxygen atoms in total. The summed E-state index contributed by atoms with van der Waals surface area (Å²) in [6.07, 6.45) is 1.91. The Hall–Kier alpha value is -1.29. The third-order valence-electron chi connectivity index (χ3n) is 1.85. The lowest BCUT2D eigenvalue weighted by molar-refractivity contribution is 1.24. The van der Waals surface area contributed by atoms with Gasteiger partial charge in [-0.3, -0.25) is 0 Å². The standard InChI is InChI=1S/C9H11N3S/c1-6-8(10-2)13-9(12-6)7-4-3-5-11-7/h3-5,10-11H,1-2H3. The summed E-state index contributed by atoms with van der Waals surface area (Å²) in [5.41, 5.74) is 2.13. The zero-order chi connectivity index (χ0) is 9.26. The smallest absolute Gasteiger partial charge is 0.141 e. The van der Waals surface area contributed by atoms with Gasteiger partial charge in [0, 0.05) is 13.2 Å². The molecule has 0 atom stereocenters. The maximum Gasteiger partial charge on any atom is 0.141 e. The lowest BCUT2D eigenvalue weighted by Gasteiger charge is -1.91. The predicted molar refractivity (Wildman–Crippen MR) is 56.2 cm³/mol. The van der Waals surface area contributed by atoms with Gasteiger partial charge in [0.2, 0.25) is 0 Å². The van der Waals surface area contributed by atoms with Crippen molar-refractivity contribution in [2.45, 2.75) is 6.92 Å². The van der Waals surface area contributed by atoms with Crippen molar-refractivity contribution in [3.63, 3.8) is 0 Å². The second-order valence-corrected chi connectivity index (χ2v) is 3.77. The highest BCUT2D eigenvalue weighted by Gasteiger charge is 2.07. The lowest BCUT2D eigenvalue weighted by atomic mass is 10.4. The molecule has 2 N–H and O–H groups in total. The molecule has 0 radical (unpaired) electrons. The molecule has 0 aromatic carbocycles. The molecule has 0 aliphatic carbocycles. The van der Waals surface area contributed by atoms with E-state index in [-0.39, 0.29) is 0 Å². The van der Waals surface area contributed by atoms with Crippen molar-refractivity contribution in [3.05, 3.63) is 24.0 Å². The maximum atomic E-state index is 4.45. The summed E-state index contributed by atoms with van der Waals surface area (Å²) in [7, 11) is 1.92. The highest BCUT2D eigenvalue weighted by atomic mass is 32.1. The molecule has 2 heterocycles. The Bertz CT molecular complexity index is 389. The van der Waals surface area contributed by atoms with Crippen LogP contribution in [0.2, 0.25) is 0 Å². The summed E-state index contributed by atoms with van der Waals surface area (Å²) >= 11 is 1.66. The van der Waals surface area contributed by atoms with Crippen LogP contribution in [-0.2, 0) is 0 Å². The van der Waals surface area contributed by atoms with Gasteiger partial charge in [0.15, 0.2) is 0 Å². The van der Waals surface area contributed by atoms with Crippen LogP contribution in [0.4, 0.5) is 5.00 Å². The SMILES string of the molecule is CNc1sc(-c2ccc[nH]2)nc1C. The molecule has 0 fully saturated rings. The van der Waals surface area contributed by atoms with Crippen LogP contribution in [0.25, 0.3) is 10.7 Å². The van der Waals surface area contributed by atoms with Crippen LogP contribution in [0.1, 0.15) is 5.69 Å². The van der Waals surface area contributed by atoms with E-state index in [4.69, 9.17) is 0 Å². The molecule has 68 valence electrons. The molecule has 2 rings (SSSR count). The van der Waals surface area contributed by atoms with Gasteiger partial charge < -0.3 is 10.3 Å². The first-order valence-electron chi connectivity index (χ1n) is 4.10. The number of aromatic amines is 1. The summed E-state index contributed by atoms with van der Waals surface area (Å²) in [6, 6.07) is 4.00. The van der Waals surface area contributed by atoms with Crippen molar-refractivity contribution in [1.82, 2.24) is 9.97 Å². The van der Waals surface area contributed by atoms with Crippen LogP contribution in [0.3, 0.4) is 0 Å². The molecule has 0 amide bonds. The van der Waals surface area contributed by atoms with Crippen LogP contribution in [0.15, 0.2) is 18.3 Å². The minimum atomic E-state index is 1.03. The van der Waals surface area contributed by atoms with E-state index in [1.165, 1.54) is 0 Å². The normalized spacial score (nSPS) is 10.3. The summed E-state index contributed by atoms with van der Waals surface area (Å²) in [5.74, 6) is 0. The fourth-order valence-corrected chi connectivity index (χ4v) is 2.12. The minimum absolute atomic E-state index is 1.03. The Kier molecular flexibility index (Phi) is 2.06. The summed E-state index contributed by atoms with van der Waals surface area (Å²) in [5, 5.41) is 5.28. The van der Waals surface area contributed by atoms with Gasteiger partial charge in [0.1, 0.15) is 10.0 Å². The molecule has 0 saturated heterocycles. The van der Waals surface area contributed by atoms with Gasteiger partial charge in [-0.2, -0.15) is 0 Å². The number of H-pyrrole nitrogens is 1. The van der Waals surface area contributed by atoms with Crippen LogP contribution in [0.5, 0.6) is 0 Å². The molecular weight excluding hydrogens is 182 g/mol. The Balaban J connectivity index is 2.43. The van der Waals surface area contributed by atoms with Gasteiger partial charge in [0.25, 0.3) is 0 Å². The largest absolute Gasteiger partial charge is 0.378 e. The number of rotatable bonds is 2. The third kappa shape index (κ3) is 1.45. The molecule has 13 heavy (non-hydrogen) atoms. The highest BCUT2D eigenvalue weighted by Crippen LogP contribution is 2.29. The van der Waals surface area contributed by atoms with Gasteiger partial charge in [0.05, 0.1) is 11.4 Å². The monoisotopic (exact) mass is 193 g/mol. The van der Waals surface area contributed by atoms with E-state index in [1.54, 1.807) is 11.3 Å². The molecule has 2 aromatic heterocycles. The van der Waals surface area contributed by atoms with E-state index in [0.29, 0.717) is 0 Å². The molecule has 2 aromatic rings. The Morgan fingerprint density at radius 2 is 2.38 bits per heavy atom. The van der Waals surface area contributed by atoms with Gasteiger partial charge in [-0.15, -0.1) is 0 Å². The average Bonchev–Trinajstić information content (AvgIpc) is 2.71. The summed E-state index contributed by atoms with van der Waals surface area (Å²) in [4.78, 5) is 7.59. The zero-order valence-corrected chi connectivity index (χ0v) is 8.40. The number of anilines is 1. The summed E-state index contributed by atoms with van der Waals surface area (Å²) < 4.78 is 0. The number of thiazole rings is 1.